The molecule has 2 aromatic heterocycles. The SMILES string of the molecule is Cc1cnccc1-c1nc(N)nc(N2CCCC2)n1. The third-order valence-corrected chi connectivity index (χ3v) is 3.29. The van der Waals surface area contributed by atoms with E-state index in [-0.39, 0.29) is 5.95 Å². The molecule has 2 aromatic rings. The number of aryl methyl sites for hydroxylation is 1. The largest absolute Gasteiger partial charge is 0.368 e. The normalized spacial score (nSPS) is 14.9. The lowest BCUT2D eigenvalue weighted by Gasteiger charge is -2.16. The average molecular weight is 256 g/mol. The quantitative estimate of drug-likeness (QED) is 0.875. The Labute approximate surface area is 111 Å². The van der Waals surface area contributed by atoms with Crippen molar-refractivity contribution < 1.29 is 0 Å². The van der Waals surface area contributed by atoms with Crippen molar-refractivity contribution in [2.24, 2.45) is 0 Å². The molecule has 2 N–H and O–H groups in total. The summed E-state index contributed by atoms with van der Waals surface area (Å²) in [5.41, 5.74) is 7.79. The fourth-order valence-corrected chi connectivity index (χ4v) is 2.28. The second kappa shape index (κ2) is 4.79. The molecule has 98 valence electrons. The number of nitrogen functional groups attached to an aromatic ring is 1. The summed E-state index contributed by atoms with van der Waals surface area (Å²) < 4.78 is 0. The number of hydrogen-bond donors (Lipinski definition) is 1. The molecular formula is C13H16N6. The first-order valence-corrected chi connectivity index (χ1v) is 6.41. The van der Waals surface area contributed by atoms with Crippen LogP contribution in [-0.4, -0.2) is 33.0 Å². The standard InChI is InChI=1S/C13H16N6/c1-9-8-15-5-4-10(9)11-16-12(14)18-13(17-11)19-6-2-3-7-19/h4-5,8H,2-3,6-7H2,1H3,(H2,14,16,17,18). The van der Waals surface area contributed by atoms with Crippen molar-refractivity contribution in [3.8, 4) is 11.4 Å². The molecule has 0 aromatic carbocycles. The molecule has 1 fully saturated rings. The lowest BCUT2D eigenvalue weighted by molar-refractivity contribution is 0.887. The summed E-state index contributed by atoms with van der Waals surface area (Å²) in [7, 11) is 0. The second-order valence-corrected chi connectivity index (χ2v) is 4.70. The molecule has 0 unspecified atom stereocenters. The minimum atomic E-state index is 0.267. The smallest absolute Gasteiger partial charge is 0.230 e. The molecule has 6 heteroatoms. The third kappa shape index (κ3) is 2.33. The van der Waals surface area contributed by atoms with E-state index in [1.165, 1.54) is 12.8 Å². The number of aromatic nitrogens is 4. The number of rotatable bonds is 2. The van der Waals surface area contributed by atoms with Crippen LogP contribution >= 0.6 is 0 Å². The molecule has 1 saturated heterocycles. The van der Waals surface area contributed by atoms with Gasteiger partial charge in [-0.2, -0.15) is 15.0 Å². The van der Waals surface area contributed by atoms with Gasteiger partial charge in [-0.3, -0.25) is 4.98 Å². The maximum atomic E-state index is 5.81. The van der Waals surface area contributed by atoms with Crippen molar-refractivity contribution in [1.82, 2.24) is 19.9 Å². The Hall–Kier alpha value is -2.24. The van der Waals surface area contributed by atoms with Crippen molar-refractivity contribution in [1.29, 1.82) is 0 Å². The van der Waals surface area contributed by atoms with Crippen molar-refractivity contribution in [3.63, 3.8) is 0 Å². The monoisotopic (exact) mass is 256 g/mol. The van der Waals surface area contributed by atoms with Crippen LogP contribution in [0.1, 0.15) is 18.4 Å². The summed E-state index contributed by atoms with van der Waals surface area (Å²) >= 11 is 0. The van der Waals surface area contributed by atoms with Crippen LogP contribution in [0.2, 0.25) is 0 Å². The highest BCUT2D eigenvalue weighted by Gasteiger charge is 2.17. The molecule has 0 amide bonds. The number of nitrogens with two attached hydrogens (primary N) is 1. The van der Waals surface area contributed by atoms with Gasteiger partial charge in [0.05, 0.1) is 0 Å². The van der Waals surface area contributed by atoms with Crippen LogP contribution in [0, 0.1) is 6.92 Å². The van der Waals surface area contributed by atoms with Crippen LogP contribution in [0.15, 0.2) is 18.5 Å². The second-order valence-electron chi connectivity index (χ2n) is 4.70. The van der Waals surface area contributed by atoms with E-state index in [2.05, 4.69) is 24.8 Å². The van der Waals surface area contributed by atoms with Crippen LogP contribution in [0.25, 0.3) is 11.4 Å². The number of nitrogens with zero attached hydrogens (tertiary/aromatic N) is 5. The van der Waals surface area contributed by atoms with Gasteiger partial charge in [0, 0.05) is 31.0 Å². The van der Waals surface area contributed by atoms with Crippen LogP contribution < -0.4 is 10.6 Å². The maximum Gasteiger partial charge on any atom is 0.230 e. The summed E-state index contributed by atoms with van der Waals surface area (Å²) in [6.07, 6.45) is 5.88. The summed E-state index contributed by atoms with van der Waals surface area (Å²) in [5, 5.41) is 0. The summed E-state index contributed by atoms with van der Waals surface area (Å²) in [4.78, 5) is 19.2. The fraction of sp³-hybridized carbons (Fsp3) is 0.385. The Bertz CT molecular complexity index is 591. The van der Waals surface area contributed by atoms with Gasteiger partial charge in [-0.1, -0.05) is 0 Å². The van der Waals surface area contributed by atoms with Crippen LogP contribution in [0.5, 0.6) is 0 Å². The minimum absolute atomic E-state index is 0.267. The van der Waals surface area contributed by atoms with E-state index in [0.29, 0.717) is 11.8 Å². The van der Waals surface area contributed by atoms with E-state index < -0.39 is 0 Å². The van der Waals surface area contributed by atoms with Gasteiger partial charge in [-0.15, -0.1) is 0 Å². The first-order chi connectivity index (χ1) is 9.24. The van der Waals surface area contributed by atoms with E-state index in [4.69, 9.17) is 5.73 Å². The predicted molar refractivity (Wildman–Crippen MR) is 73.7 cm³/mol. The molecule has 1 aliphatic heterocycles. The summed E-state index contributed by atoms with van der Waals surface area (Å²) in [6.45, 7) is 3.95. The molecule has 3 rings (SSSR count). The van der Waals surface area contributed by atoms with Gasteiger partial charge in [0.15, 0.2) is 5.82 Å². The Kier molecular flexibility index (Phi) is 2.98. The molecule has 3 heterocycles. The highest BCUT2D eigenvalue weighted by Crippen LogP contribution is 2.22. The van der Waals surface area contributed by atoms with E-state index in [9.17, 15) is 0 Å². The van der Waals surface area contributed by atoms with Gasteiger partial charge in [-0.25, -0.2) is 0 Å². The molecule has 6 nitrogen and oxygen atoms in total. The van der Waals surface area contributed by atoms with E-state index in [0.717, 1.165) is 24.2 Å². The lowest BCUT2D eigenvalue weighted by atomic mass is 10.1. The zero-order chi connectivity index (χ0) is 13.2. The molecule has 0 bridgehead atoms. The number of hydrogen-bond acceptors (Lipinski definition) is 6. The highest BCUT2D eigenvalue weighted by atomic mass is 15.3. The van der Waals surface area contributed by atoms with Gasteiger partial charge in [0.1, 0.15) is 0 Å². The van der Waals surface area contributed by atoms with Crippen molar-refractivity contribution in [3.05, 3.63) is 24.0 Å². The maximum absolute atomic E-state index is 5.81. The van der Waals surface area contributed by atoms with Gasteiger partial charge in [0.2, 0.25) is 11.9 Å². The Morgan fingerprint density at radius 2 is 1.95 bits per heavy atom. The molecule has 1 aliphatic rings. The number of pyridine rings is 1. The van der Waals surface area contributed by atoms with Crippen LogP contribution in [-0.2, 0) is 0 Å². The zero-order valence-corrected chi connectivity index (χ0v) is 10.9. The van der Waals surface area contributed by atoms with Crippen molar-refractivity contribution >= 4 is 11.9 Å². The molecule has 0 radical (unpaired) electrons. The van der Waals surface area contributed by atoms with Gasteiger partial charge in [-0.05, 0) is 31.4 Å². The fourth-order valence-electron chi connectivity index (χ4n) is 2.28. The molecule has 19 heavy (non-hydrogen) atoms. The molecule has 0 saturated carbocycles. The predicted octanol–water partition coefficient (Wildman–Crippen LogP) is 1.42. The lowest BCUT2D eigenvalue weighted by Crippen LogP contribution is -2.21. The Morgan fingerprint density at radius 3 is 2.68 bits per heavy atom. The van der Waals surface area contributed by atoms with E-state index in [1.54, 1.807) is 12.4 Å². The molecule has 0 aliphatic carbocycles. The van der Waals surface area contributed by atoms with E-state index >= 15 is 0 Å². The summed E-state index contributed by atoms with van der Waals surface area (Å²) in [5.74, 6) is 1.56. The van der Waals surface area contributed by atoms with E-state index in [1.807, 2.05) is 13.0 Å². The minimum Gasteiger partial charge on any atom is -0.368 e. The summed E-state index contributed by atoms with van der Waals surface area (Å²) in [6, 6.07) is 1.90. The van der Waals surface area contributed by atoms with Crippen molar-refractivity contribution in [2.75, 3.05) is 23.7 Å². The molecular weight excluding hydrogens is 240 g/mol. The molecule has 0 spiro atoms. The topological polar surface area (TPSA) is 80.8 Å². The van der Waals surface area contributed by atoms with Crippen molar-refractivity contribution in [2.45, 2.75) is 19.8 Å². The molecule has 0 atom stereocenters. The first-order valence-electron chi connectivity index (χ1n) is 6.41. The van der Waals surface area contributed by atoms with Crippen LogP contribution in [0.4, 0.5) is 11.9 Å². The van der Waals surface area contributed by atoms with Gasteiger partial charge < -0.3 is 10.6 Å². The highest BCUT2D eigenvalue weighted by molar-refractivity contribution is 5.61. The zero-order valence-electron chi connectivity index (χ0n) is 10.9. The third-order valence-electron chi connectivity index (χ3n) is 3.29. The number of anilines is 2. The Balaban J connectivity index is 2.04. The van der Waals surface area contributed by atoms with Gasteiger partial charge >= 0.3 is 0 Å². The average Bonchev–Trinajstić information content (AvgIpc) is 2.92. The van der Waals surface area contributed by atoms with Gasteiger partial charge in [0.25, 0.3) is 0 Å². The van der Waals surface area contributed by atoms with Crippen LogP contribution in [0.3, 0.4) is 0 Å². The Morgan fingerprint density at radius 1 is 1.16 bits per heavy atom. The first kappa shape index (κ1) is 11.8.